The maximum absolute atomic E-state index is 11.7. The van der Waals surface area contributed by atoms with Gasteiger partial charge in [-0.05, 0) is 0 Å². The van der Waals surface area contributed by atoms with Gasteiger partial charge >= 0.3 is 0 Å². The lowest BCUT2D eigenvalue weighted by Gasteiger charge is -2.09. The van der Waals surface area contributed by atoms with Gasteiger partial charge in [-0.1, -0.05) is 0 Å². The summed E-state index contributed by atoms with van der Waals surface area (Å²) in [7, 11) is 0. The van der Waals surface area contributed by atoms with Crippen LogP contribution in [0.25, 0.3) is 0 Å². The number of aromatic nitrogens is 2. The van der Waals surface area contributed by atoms with E-state index in [1.54, 1.807) is 0 Å². The summed E-state index contributed by atoms with van der Waals surface area (Å²) >= 11 is 0. The van der Waals surface area contributed by atoms with E-state index in [0.717, 1.165) is 0 Å². The third kappa shape index (κ3) is 4.75. The first-order chi connectivity index (χ1) is 7.20. The van der Waals surface area contributed by atoms with Crippen LogP contribution in [0.3, 0.4) is 0 Å². The normalized spacial score (nSPS) is 13.1. The van der Waals surface area contributed by atoms with Gasteiger partial charge in [0.25, 0.3) is 6.43 Å². The Kier molecular flexibility index (Phi) is 5.06. The minimum atomic E-state index is -2.47. The summed E-state index contributed by atoms with van der Waals surface area (Å²) in [4.78, 5) is 7.66. The molecule has 6 heteroatoms. The number of hydrogen-bond acceptors (Lipinski definition) is 4. The first-order valence-electron chi connectivity index (χ1n) is 4.50. The molecule has 0 radical (unpaired) electrons. The third-order valence-corrected chi connectivity index (χ3v) is 1.70. The Balaban J connectivity index is 2.22. The molecule has 1 heterocycles. The van der Waals surface area contributed by atoms with Gasteiger partial charge in [0.15, 0.2) is 0 Å². The largest absolute Gasteiger partial charge is 0.387 e. The van der Waals surface area contributed by atoms with Gasteiger partial charge < -0.3 is 9.84 Å². The Morgan fingerprint density at radius 1 is 1.40 bits per heavy atom. The number of halogens is 2. The van der Waals surface area contributed by atoms with Crippen molar-refractivity contribution < 1.29 is 18.6 Å². The van der Waals surface area contributed by atoms with Gasteiger partial charge in [-0.15, -0.1) is 0 Å². The lowest BCUT2D eigenvalue weighted by molar-refractivity contribution is 0.00436. The Bertz CT molecular complexity index is 272. The van der Waals surface area contributed by atoms with E-state index >= 15 is 0 Å². The molecule has 0 fully saturated rings. The number of hydrogen-bond donors (Lipinski definition) is 1. The predicted molar refractivity (Wildman–Crippen MR) is 48.4 cm³/mol. The molecule has 0 amide bonds. The molecule has 1 unspecified atom stereocenters. The van der Waals surface area contributed by atoms with E-state index in [2.05, 4.69) is 14.7 Å². The SMILES string of the molecule is OC(CCOCC(F)F)c1cnccn1. The first-order valence-corrected chi connectivity index (χ1v) is 4.50. The van der Waals surface area contributed by atoms with Crippen molar-refractivity contribution in [3.8, 4) is 0 Å². The summed E-state index contributed by atoms with van der Waals surface area (Å²) in [6.07, 6.45) is 1.31. The average molecular weight is 218 g/mol. The van der Waals surface area contributed by atoms with Gasteiger partial charge in [0, 0.05) is 25.4 Å². The molecule has 0 aliphatic heterocycles. The number of rotatable bonds is 6. The van der Waals surface area contributed by atoms with Crippen molar-refractivity contribution in [2.45, 2.75) is 19.0 Å². The highest BCUT2D eigenvalue weighted by Crippen LogP contribution is 2.12. The van der Waals surface area contributed by atoms with Crippen LogP contribution in [0.1, 0.15) is 18.2 Å². The maximum Gasteiger partial charge on any atom is 0.261 e. The zero-order valence-corrected chi connectivity index (χ0v) is 8.01. The summed E-state index contributed by atoms with van der Waals surface area (Å²) in [6, 6.07) is 0. The molecule has 1 atom stereocenters. The van der Waals surface area contributed by atoms with E-state index in [0.29, 0.717) is 5.69 Å². The summed E-state index contributed by atoms with van der Waals surface area (Å²) < 4.78 is 28.0. The molecule has 1 N–H and O–H groups in total. The molecule has 1 aromatic heterocycles. The van der Waals surface area contributed by atoms with E-state index in [1.807, 2.05) is 0 Å². The lowest BCUT2D eigenvalue weighted by atomic mass is 10.2. The number of ether oxygens (including phenoxy) is 1. The molecule has 0 aromatic carbocycles. The van der Waals surface area contributed by atoms with Crippen LogP contribution in [0, 0.1) is 0 Å². The second kappa shape index (κ2) is 6.36. The molecule has 0 aliphatic carbocycles. The summed E-state index contributed by atoms with van der Waals surface area (Å²) in [6.45, 7) is -0.532. The first kappa shape index (κ1) is 11.9. The number of aliphatic hydroxyl groups is 1. The number of nitrogens with zero attached hydrogens (tertiary/aromatic N) is 2. The Labute approximate surface area is 85.9 Å². The lowest BCUT2D eigenvalue weighted by Crippen LogP contribution is -2.09. The van der Waals surface area contributed by atoms with Crippen LogP contribution in [-0.4, -0.2) is 34.7 Å². The van der Waals surface area contributed by atoms with Crippen molar-refractivity contribution in [2.75, 3.05) is 13.2 Å². The van der Waals surface area contributed by atoms with Crippen LogP contribution < -0.4 is 0 Å². The molecule has 0 saturated heterocycles. The van der Waals surface area contributed by atoms with Gasteiger partial charge in [-0.25, -0.2) is 8.78 Å². The zero-order chi connectivity index (χ0) is 11.1. The van der Waals surface area contributed by atoms with Crippen LogP contribution in [0.2, 0.25) is 0 Å². The zero-order valence-electron chi connectivity index (χ0n) is 8.01. The van der Waals surface area contributed by atoms with Gasteiger partial charge in [0.2, 0.25) is 0 Å². The molecule has 1 rings (SSSR count). The van der Waals surface area contributed by atoms with Crippen molar-refractivity contribution >= 4 is 0 Å². The van der Waals surface area contributed by atoms with Gasteiger partial charge in [-0.2, -0.15) is 0 Å². The van der Waals surface area contributed by atoms with Crippen LogP contribution in [0.15, 0.2) is 18.6 Å². The summed E-state index contributed by atoms with van der Waals surface area (Å²) in [5, 5.41) is 9.52. The Morgan fingerprint density at radius 3 is 2.80 bits per heavy atom. The average Bonchev–Trinajstić information content (AvgIpc) is 2.25. The molecule has 1 aromatic rings. The topological polar surface area (TPSA) is 55.2 Å². The molecule has 0 aliphatic rings. The highest BCUT2D eigenvalue weighted by Gasteiger charge is 2.09. The van der Waals surface area contributed by atoms with Crippen molar-refractivity contribution in [1.82, 2.24) is 9.97 Å². The molecule has 0 saturated carbocycles. The van der Waals surface area contributed by atoms with E-state index in [4.69, 9.17) is 0 Å². The second-order valence-electron chi connectivity index (χ2n) is 2.90. The maximum atomic E-state index is 11.7. The van der Waals surface area contributed by atoms with Crippen molar-refractivity contribution in [3.63, 3.8) is 0 Å². The van der Waals surface area contributed by atoms with Crippen LogP contribution in [-0.2, 0) is 4.74 Å². The smallest absolute Gasteiger partial charge is 0.261 e. The quantitative estimate of drug-likeness (QED) is 0.728. The van der Waals surface area contributed by atoms with E-state index in [-0.39, 0.29) is 13.0 Å². The van der Waals surface area contributed by atoms with Crippen LogP contribution in [0.5, 0.6) is 0 Å². The molecular formula is C9H12F2N2O2. The Morgan fingerprint density at radius 2 is 2.20 bits per heavy atom. The van der Waals surface area contributed by atoms with Crippen molar-refractivity contribution in [1.29, 1.82) is 0 Å². The summed E-state index contributed by atoms with van der Waals surface area (Å²) in [5.74, 6) is 0. The molecule has 15 heavy (non-hydrogen) atoms. The van der Waals surface area contributed by atoms with E-state index < -0.39 is 19.1 Å². The van der Waals surface area contributed by atoms with E-state index in [1.165, 1.54) is 18.6 Å². The Hall–Kier alpha value is -1.14. The van der Waals surface area contributed by atoms with Crippen molar-refractivity contribution in [2.24, 2.45) is 0 Å². The summed E-state index contributed by atoms with van der Waals surface area (Å²) in [5.41, 5.74) is 0.415. The fourth-order valence-electron chi connectivity index (χ4n) is 0.998. The highest BCUT2D eigenvalue weighted by atomic mass is 19.3. The second-order valence-corrected chi connectivity index (χ2v) is 2.90. The van der Waals surface area contributed by atoms with E-state index in [9.17, 15) is 13.9 Å². The molecule has 0 bridgehead atoms. The fraction of sp³-hybridized carbons (Fsp3) is 0.556. The van der Waals surface area contributed by atoms with Gasteiger partial charge in [-0.3, -0.25) is 9.97 Å². The number of aliphatic hydroxyl groups excluding tert-OH is 1. The number of alkyl halides is 2. The molecule has 84 valence electrons. The minimum absolute atomic E-state index is 0.0715. The van der Waals surface area contributed by atoms with Crippen LogP contribution >= 0.6 is 0 Å². The van der Waals surface area contributed by atoms with Crippen molar-refractivity contribution in [3.05, 3.63) is 24.3 Å². The molecule has 0 spiro atoms. The van der Waals surface area contributed by atoms with Gasteiger partial charge in [0.05, 0.1) is 18.0 Å². The molecule has 4 nitrogen and oxygen atoms in total. The minimum Gasteiger partial charge on any atom is -0.387 e. The van der Waals surface area contributed by atoms with Gasteiger partial charge in [0.1, 0.15) is 6.61 Å². The van der Waals surface area contributed by atoms with Crippen LogP contribution in [0.4, 0.5) is 8.78 Å². The monoisotopic (exact) mass is 218 g/mol. The standard InChI is InChI=1S/C9H12F2N2O2/c10-9(11)6-15-4-1-8(14)7-5-12-2-3-13-7/h2-3,5,8-9,14H,1,4,6H2. The third-order valence-electron chi connectivity index (χ3n) is 1.70. The molecular weight excluding hydrogens is 206 g/mol. The fourth-order valence-corrected chi connectivity index (χ4v) is 0.998. The predicted octanol–water partition coefficient (Wildman–Crippen LogP) is 1.18. The highest BCUT2D eigenvalue weighted by molar-refractivity contribution is 4.98.